The SMILES string of the molecule is CC(C)(C)[Si](C)(C)O[C@H]1C[C@H](C(=O)CCl)N(Cc2ccccc2)C1. The Kier molecular flexibility index (Phi) is 6.29. The Labute approximate surface area is 152 Å². The summed E-state index contributed by atoms with van der Waals surface area (Å²) >= 11 is 5.85. The minimum Gasteiger partial charge on any atom is -0.413 e. The molecule has 1 aromatic rings. The van der Waals surface area contributed by atoms with Crippen LogP contribution < -0.4 is 0 Å². The number of hydrogen-bond donors (Lipinski definition) is 0. The molecule has 0 spiro atoms. The topological polar surface area (TPSA) is 29.5 Å². The van der Waals surface area contributed by atoms with Crippen LogP contribution in [0.3, 0.4) is 0 Å². The molecule has 1 heterocycles. The fraction of sp³-hybridized carbons (Fsp3) is 0.632. The summed E-state index contributed by atoms with van der Waals surface area (Å²) in [5.41, 5.74) is 1.22. The van der Waals surface area contributed by atoms with Gasteiger partial charge in [-0.25, -0.2) is 0 Å². The van der Waals surface area contributed by atoms with Gasteiger partial charge in [0.25, 0.3) is 0 Å². The van der Waals surface area contributed by atoms with Crippen molar-refractivity contribution in [3.63, 3.8) is 0 Å². The molecule has 1 aromatic carbocycles. The largest absolute Gasteiger partial charge is 0.413 e. The van der Waals surface area contributed by atoms with Gasteiger partial charge in [0.15, 0.2) is 14.1 Å². The summed E-state index contributed by atoms with van der Waals surface area (Å²) in [4.78, 5) is 14.5. The van der Waals surface area contributed by atoms with Gasteiger partial charge >= 0.3 is 0 Å². The number of benzene rings is 1. The molecule has 0 bridgehead atoms. The van der Waals surface area contributed by atoms with Crippen LogP contribution in [0.4, 0.5) is 0 Å². The lowest BCUT2D eigenvalue weighted by Crippen LogP contribution is -2.44. The van der Waals surface area contributed by atoms with Gasteiger partial charge in [0.1, 0.15) is 0 Å². The van der Waals surface area contributed by atoms with Gasteiger partial charge in [-0.15, -0.1) is 11.6 Å². The van der Waals surface area contributed by atoms with Crippen molar-refractivity contribution < 1.29 is 9.22 Å². The highest BCUT2D eigenvalue weighted by molar-refractivity contribution is 6.74. The average molecular weight is 368 g/mol. The van der Waals surface area contributed by atoms with Gasteiger partial charge in [0.05, 0.1) is 18.0 Å². The molecule has 0 saturated carbocycles. The lowest BCUT2D eigenvalue weighted by molar-refractivity contribution is -0.121. The predicted molar refractivity (Wildman–Crippen MR) is 103 cm³/mol. The Morgan fingerprint density at radius 1 is 1.29 bits per heavy atom. The molecule has 1 aliphatic rings. The molecule has 3 nitrogen and oxygen atoms in total. The van der Waals surface area contributed by atoms with Crippen molar-refractivity contribution in [3.8, 4) is 0 Å². The maximum Gasteiger partial charge on any atom is 0.192 e. The molecule has 0 aromatic heterocycles. The first-order valence-electron chi connectivity index (χ1n) is 8.68. The third-order valence-corrected chi connectivity index (χ3v) is 10.2. The number of rotatable bonds is 6. The van der Waals surface area contributed by atoms with Crippen molar-refractivity contribution in [2.24, 2.45) is 0 Å². The standard InChI is InChI=1S/C19H30ClNO2Si/c1-19(2,3)24(4,5)23-16-11-17(18(22)12-20)21(14-16)13-15-9-7-6-8-10-15/h6-10,16-17H,11-14H2,1-5H3/t16-,17+/m0/s1. The molecule has 0 amide bonds. The Morgan fingerprint density at radius 3 is 2.46 bits per heavy atom. The van der Waals surface area contributed by atoms with E-state index in [1.54, 1.807) is 0 Å². The second-order valence-electron chi connectivity index (χ2n) is 8.27. The summed E-state index contributed by atoms with van der Waals surface area (Å²) in [6, 6.07) is 10.2. The molecule has 5 heteroatoms. The molecular weight excluding hydrogens is 338 g/mol. The highest BCUT2D eigenvalue weighted by atomic mass is 35.5. The van der Waals surface area contributed by atoms with Crippen molar-refractivity contribution in [2.45, 2.75) is 64.0 Å². The molecule has 2 atom stereocenters. The van der Waals surface area contributed by atoms with E-state index in [2.05, 4.69) is 50.9 Å². The molecule has 0 N–H and O–H groups in total. The monoisotopic (exact) mass is 367 g/mol. The summed E-state index contributed by atoms with van der Waals surface area (Å²) in [7, 11) is -1.84. The Bertz CT molecular complexity index is 556. The minimum atomic E-state index is -1.84. The van der Waals surface area contributed by atoms with Gasteiger partial charge in [-0.3, -0.25) is 9.69 Å². The first-order valence-corrected chi connectivity index (χ1v) is 12.1. The number of hydrogen-bond acceptors (Lipinski definition) is 3. The predicted octanol–water partition coefficient (Wildman–Crippen LogP) is 4.46. The second kappa shape index (κ2) is 7.69. The maximum atomic E-state index is 12.3. The molecule has 1 saturated heterocycles. The Hall–Kier alpha value is -0.683. The molecule has 0 radical (unpaired) electrons. The van der Waals surface area contributed by atoms with Crippen molar-refractivity contribution in [3.05, 3.63) is 35.9 Å². The fourth-order valence-corrected chi connectivity index (χ4v) is 4.49. The van der Waals surface area contributed by atoms with Crippen LogP contribution in [0.2, 0.25) is 18.1 Å². The molecule has 1 fully saturated rings. The summed E-state index contributed by atoms with van der Waals surface area (Å²) in [5.74, 6) is 0.178. The minimum absolute atomic E-state index is 0.0722. The zero-order valence-corrected chi connectivity index (χ0v) is 17.3. The molecule has 1 aliphatic heterocycles. The van der Waals surface area contributed by atoms with E-state index in [0.717, 1.165) is 19.5 Å². The van der Waals surface area contributed by atoms with Crippen LogP contribution in [0, 0.1) is 0 Å². The maximum absolute atomic E-state index is 12.3. The van der Waals surface area contributed by atoms with Gasteiger partial charge in [-0.2, -0.15) is 0 Å². The zero-order chi connectivity index (χ0) is 18.0. The molecular formula is C19H30ClNO2Si. The van der Waals surface area contributed by atoms with Crippen molar-refractivity contribution in [1.82, 2.24) is 4.90 Å². The van der Waals surface area contributed by atoms with E-state index in [9.17, 15) is 4.79 Å². The smallest absolute Gasteiger partial charge is 0.192 e. The summed E-state index contributed by atoms with van der Waals surface area (Å²) in [6.07, 6.45) is 0.872. The third-order valence-electron chi connectivity index (χ3n) is 5.36. The number of Topliss-reactive ketones (excluding diaryl/α,β-unsaturated/α-hetero) is 1. The lowest BCUT2D eigenvalue weighted by atomic mass is 10.1. The van der Waals surface area contributed by atoms with E-state index >= 15 is 0 Å². The third kappa shape index (κ3) is 4.69. The highest BCUT2D eigenvalue weighted by Gasteiger charge is 2.43. The van der Waals surface area contributed by atoms with Crippen LogP contribution in [0.15, 0.2) is 30.3 Å². The summed E-state index contributed by atoms with van der Waals surface area (Å²) in [5, 5.41) is 0.172. The van der Waals surface area contributed by atoms with Crippen molar-refractivity contribution in [2.75, 3.05) is 12.4 Å². The van der Waals surface area contributed by atoms with Crippen LogP contribution in [-0.4, -0.2) is 43.6 Å². The molecule has 0 unspecified atom stereocenters. The van der Waals surface area contributed by atoms with Gasteiger partial charge in [-0.1, -0.05) is 51.1 Å². The summed E-state index contributed by atoms with van der Waals surface area (Å²) < 4.78 is 6.56. The van der Waals surface area contributed by atoms with E-state index in [-0.39, 0.29) is 28.8 Å². The van der Waals surface area contributed by atoms with E-state index in [1.807, 2.05) is 18.2 Å². The number of halogens is 1. The van der Waals surface area contributed by atoms with Crippen LogP contribution in [0.25, 0.3) is 0 Å². The van der Waals surface area contributed by atoms with Crippen LogP contribution in [0.5, 0.6) is 0 Å². The van der Waals surface area contributed by atoms with Crippen LogP contribution in [0.1, 0.15) is 32.8 Å². The number of carbonyl (C=O) groups excluding carboxylic acids is 1. The van der Waals surface area contributed by atoms with E-state index in [0.29, 0.717) is 0 Å². The Morgan fingerprint density at radius 2 is 1.92 bits per heavy atom. The van der Waals surface area contributed by atoms with Crippen molar-refractivity contribution in [1.29, 1.82) is 0 Å². The van der Waals surface area contributed by atoms with E-state index in [1.165, 1.54) is 5.56 Å². The first-order chi connectivity index (χ1) is 11.1. The van der Waals surface area contributed by atoms with Crippen molar-refractivity contribution >= 4 is 25.7 Å². The average Bonchev–Trinajstić information content (AvgIpc) is 2.88. The van der Waals surface area contributed by atoms with Gasteiger partial charge in [-0.05, 0) is 30.1 Å². The molecule has 134 valence electrons. The summed E-state index contributed by atoms with van der Waals surface area (Å²) in [6.45, 7) is 12.8. The number of ketones is 1. The normalized spacial score (nSPS) is 22.8. The quantitative estimate of drug-likeness (QED) is 0.549. The Balaban J connectivity index is 2.11. The number of likely N-dealkylation sites (tertiary alicyclic amines) is 1. The first kappa shape index (κ1) is 19.6. The molecule has 24 heavy (non-hydrogen) atoms. The number of nitrogens with zero attached hydrogens (tertiary/aromatic N) is 1. The second-order valence-corrected chi connectivity index (χ2v) is 13.3. The number of alkyl halides is 1. The van der Waals surface area contributed by atoms with E-state index < -0.39 is 8.32 Å². The van der Waals surface area contributed by atoms with Crippen LogP contribution in [-0.2, 0) is 15.8 Å². The van der Waals surface area contributed by atoms with Gasteiger partial charge < -0.3 is 4.43 Å². The molecule has 2 rings (SSSR count). The van der Waals surface area contributed by atoms with Gasteiger partial charge in [0.2, 0.25) is 0 Å². The zero-order valence-electron chi connectivity index (χ0n) is 15.5. The number of carbonyl (C=O) groups is 1. The van der Waals surface area contributed by atoms with E-state index in [4.69, 9.17) is 16.0 Å². The lowest BCUT2D eigenvalue weighted by Gasteiger charge is -2.38. The highest BCUT2D eigenvalue weighted by Crippen LogP contribution is 2.39. The van der Waals surface area contributed by atoms with Gasteiger partial charge in [0, 0.05) is 13.1 Å². The molecule has 0 aliphatic carbocycles. The fourth-order valence-electron chi connectivity index (χ4n) is 2.96. The van der Waals surface area contributed by atoms with Crippen LogP contribution >= 0.6 is 11.6 Å².